The molecule has 0 bridgehead atoms. The van der Waals surface area contributed by atoms with Crippen LogP contribution in [0.4, 0.5) is 23.1 Å². The first-order chi connectivity index (χ1) is 16.6. The molecular formula is C26H29N5O3. The Morgan fingerprint density at radius 1 is 1.03 bits per heavy atom. The van der Waals surface area contributed by atoms with Crippen molar-refractivity contribution in [1.82, 2.24) is 9.97 Å². The summed E-state index contributed by atoms with van der Waals surface area (Å²) in [6.45, 7) is 4.91. The molecule has 5 rings (SSSR count). The standard InChI is InChI=1S/C26H29N5O3/c1-18-17-23(30-25(27-18)31-13-15-34-16-14-31)28-19-7-9-20(10-8-19)29-24(32)26(11-12-26)21-5-3-4-6-22(21)33-2/h3-10,17H,11-16H2,1-2H3,(H,29,32)(H,27,28,30). The number of anilines is 4. The van der Waals surface area contributed by atoms with Gasteiger partial charge in [-0.2, -0.15) is 4.98 Å². The second-order valence-corrected chi connectivity index (χ2v) is 8.73. The number of ether oxygens (including phenoxy) is 2. The highest BCUT2D eigenvalue weighted by Crippen LogP contribution is 2.52. The zero-order valence-corrected chi connectivity index (χ0v) is 19.5. The number of rotatable bonds is 7. The van der Waals surface area contributed by atoms with Gasteiger partial charge in [0.05, 0.1) is 25.7 Å². The monoisotopic (exact) mass is 459 g/mol. The van der Waals surface area contributed by atoms with E-state index >= 15 is 0 Å². The van der Waals surface area contributed by atoms with Crippen molar-refractivity contribution in [1.29, 1.82) is 0 Å². The van der Waals surface area contributed by atoms with Crippen molar-refractivity contribution in [3.05, 3.63) is 65.9 Å². The summed E-state index contributed by atoms with van der Waals surface area (Å²) in [6.07, 6.45) is 1.63. The van der Waals surface area contributed by atoms with E-state index in [0.717, 1.165) is 60.1 Å². The second kappa shape index (κ2) is 9.30. The molecule has 3 aromatic rings. The van der Waals surface area contributed by atoms with Crippen LogP contribution in [-0.2, 0) is 14.9 Å². The first-order valence-corrected chi connectivity index (χ1v) is 11.6. The lowest BCUT2D eigenvalue weighted by atomic mass is 9.94. The number of morpholine rings is 1. The number of para-hydroxylation sites is 1. The number of methoxy groups -OCH3 is 1. The lowest BCUT2D eigenvalue weighted by molar-refractivity contribution is -0.118. The van der Waals surface area contributed by atoms with Crippen molar-refractivity contribution < 1.29 is 14.3 Å². The van der Waals surface area contributed by atoms with Crippen LogP contribution < -0.4 is 20.3 Å². The van der Waals surface area contributed by atoms with Gasteiger partial charge in [-0.3, -0.25) is 4.79 Å². The maximum Gasteiger partial charge on any atom is 0.235 e. The van der Waals surface area contributed by atoms with Crippen molar-refractivity contribution in [3.63, 3.8) is 0 Å². The summed E-state index contributed by atoms with van der Waals surface area (Å²) in [5, 5.41) is 6.43. The van der Waals surface area contributed by atoms with E-state index < -0.39 is 5.41 Å². The molecule has 1 aromatic heterocycles. The number of nitrogens with zero attached hydrogens (tertiary/aromatic N) is 3. The molecule has 2 aliphatic rings. The van der Waals surface area contributed by atoms with Crippen LogP contribution in [0.25, 0.3) is 0 Å². The van der Waals surface area contributed by atoms with Crippen molar-refractivity contribution in [3.8, 4) is 5.75 Å². The molecule has 1 saturated heterocycles. The quantitative estimate of drug-likeness (QED) is 0.551. The summed E-state index contributed by atoms with van der Waals surface area (Å²) in [6, 6.07) is 17.3. The third-order valence-electron chi connectivity index (χ3n) is 6.36. The number of aromatic nitrogens is 2. The van der Waals surface area contributed by atoms with Gasteiger partial charge in [-0.05, 0) is 50.1 Å². The smallest absolute Gasteiger partial charge is 0.235 e. The van der Waals surface area contributed by atoms with Crippen LogP contribution in [0.2, 0.25) is 0 Å². The molecule has 2 heterocycles. The number of nitrogens with one attached hydrogen (secondary N) is 2. The fourth-order valence-corrected chi connectivity index (χ4v) is 4.34. The Morgan fingerprint density at radius 3 is 2.44 bits per heavy atom. The number of benzene rings is 2. The van der Waals surface area contributed by atoms with E-state index in [0.29, 0.717) is 19.2 Å². The molecule has 0 radical (unpaired) electrons. The van der Waals surface area contributed by atoms with Crippen LogP contribution in [0.5, 0.6) is 5.75 Å². The van der Waals surface area contributed by atoms with Gasteiger partial charge in [0.15, 0.2) is 0 Å². The topological polar surface area (TPSA) is 88.6 Å². The lowest BCUT2D eigenvalue weighted by Crippen LogP contribution is -2.37. The second-order valence-electron chi connectivity index (χ2n) is 8.73. The molecule has 8 heteroatoms. The molecule has 1 aliphatic heterocycles. The van der Waals surface area contributed by atoms with E-state index in [1.807, 2.05) is 61.5 Å². The maximum atomic E-state index is 13.2. The summed E-state index contributed by atoms with van der Waals surface area (Å²) >= 11 is 0. The van der Waals surface area contributed by atoms with Crippen LogP contribution in [0.3, 0.4) is 0 Å². The zero-order valence-electron chi connectivity index (χ0n) is 19.5. The fourth-order valence-electron chi connectivity index (χ4n) is 4.34. The van der Waals surface area contributed by atoms with Gasteiger partial charge in [0, 0.05) is 41.8 Å². The molecule has 176 valence electrons. The normalized spacial score (nSPS) is 16.6. The van der Waals surface area contributed by atoms with Crippen molar-refractivity contribution in [2.24, 2.45) is 0 Å². The third kappa shape index (κ3) is 4.54. The summed E-state index contributed by atoms with van der Waals surface area (Å²) in [5.41, 5.74) is 2.97. The number of hydrogen-bond donors (Lipinski definition) is 2. The van der Waals surface area contributed by atoms with Gasteiger partial charge in [-0.1, -0.05) is 18.2 Å². The van der Waals surface area contributed by atoms with Crippen LogP contribution in [0.15, 0.2) is 54.6 Å². The van der Waals surface area contributed by atoms with E-state index in [-0.39, 0.29) is 5.91 Å². The van der Waals surface area contributed by atoms with Crippen LogP contribution >= 0.6 is 0 Å². The van der Waals surface area contributed by atoms with Crippen molar-refractivity contribution in [2.75, 3.05) is 48.9 Å². The van der Waals surface area contributed by atoms with Gasteiger partial charge in [-0.25, -0.2) is 4.98 Å². The molecule has 8 nitrogen and oxygen atoms in total. The highest BCUT2D eigenvalue weighted by molar-refractivity contribution is 6.02. The minimum absolute atomic E-state index is 0.000660. The average Bonchev–Trinajstić information content (AvgIpc) is 3.68. The van der Waals surface area contributed by atoms with Crippen molar-refractivity contribution in [2.45, 2.75) is 25.2 Å². The Morgan fingerprint density at radius 2 is 1.74 bits per heavy atom. The summed E-state index contributed by atoms with van der Waals surface area (Å²) < 4.78 is 10.9. The molecule has 2 fully saturated rings. The first kappa shape index (κ1) is 22.2. The molecule has 1 saturated carbocycles. The number of carbonyl (C=O) groups is 1. The minimum atomic E-state index is -0.516. The van der Waals surface area contributed by atoms with Gasteiger partial charge in [0.2, 0.25) is 11.9 Å². The number of hydrogen-bond acceptors (Lipinski definition) is 7. The van der Waals surface area contributed by atoms with Crippen LogP contribution in [0.1, 0.15) is 24.1 Å². The predicted octanol–water partition coefficient (Wildman–Crippen LogP) is 4.04. The highest BCUT2D eigenvalue weighted by atomic mass is 16.5. The highest BCUT2D eigenvalue weighted by Gasteiger charge is 2.52. The average molecular weight is 460 g/mol. The van der Waals surface area contributed by atoms with Gasteiger partial charge >= 0.3 is 0 Å². The Bertz CT molecular complexity index is 1170. The zero-order chi connectivity index (χ0) is 23.5. The summed E-state index contributed by atoms with van der Waals surface area (Å²) in [7, 11) is 1.64. The lowest BCUT2D eigenvalue weighted by Gasteiger charge is -2.27. The Balaban J connectivity index is 1.27. The molecule has 0 spiro atoms. The molecule has 0 unspecified atom stereocenters. The fraction of sp³-hybridized carbons (Fsp3) is 0.346. The minimum Gasteiger partial charge on any atom is -0.496 e. The molecule has 1 amide bonds. The third-order valence-corrected chi connectivity index (χ3v) is 6.36. The molecular weight excluding hydrogens is 430 g/mol. The van der Waals surface area contributed by atoms with Crippen LogP contribution in [-0.4, -0.2) is 49.3 Å². The molecule has 0 atom stereocenters. The number of aryl methyl sites for hydroxylation is 1. The largest absolute Gasteiger partial charge is 0.496 e. The first-order valence-electron chi connectivity index (χ1n) is 11.6. The maximum absolute atomic E-state index is 13.2. The van der Waals surface area contributed by atoms with E-state index in [1.165, 1.54) is 0 Å². The summed E-state index contributed by atoms with van der Waals surface area (Å²) in [4.78, 5) is 24.5. The van der Waals surface area contributed by atoms with Gasteiger partial charge in [-0.15, -0.1) is 0 Å². The van der Waals surface area contributed by atoms with Crippen LogP contribution in [0, 0.1) is 6.92 Å². The number of carbonyl (C=O) groups excluding carboxylic acids is 1. The SMILES string of the molecule is COc1ccccc1C1(C(=O)Nc2ccc(Nc3cc(C)nc(N4CCOCC4)n3)cc2)CC1. The molecule has 2 N–H and O–H groups in total. The van der Waals surface area contributed by atoms with Gasteiger partial charge in [0.25, 0.3) is 0 Å². The molecule has 34 heavy (non-hydrogen) atoms. The Labute approximate surface area is 199 Å². The van der Waals surface area contributed by atoms with Crippen molar-refractivity contribution >= 4 is 29.0 Å². The Hall–Kier alpha value is -3.65. The van der Waals surface area contributed by atoms with E-state index in [4.69, 9.17) is 9.47 Å². The Kier molecular flexibility index (Phi) is 6.06. The molecule has 2 aromatic carbocycles. The summed E-state index contributed by atoms with van der Waals surface area (Å²) in [5.74, 6) is 2.20. The number of amides is 1. The van der Waals surface area contributed by atoms with E-state index in [2.05, 4.69) is 25.5 Å². The van der Waals surface area contributed by atoms with Gasteiger partial charge in [0.1, 0.15) is 11.6 Å². The van der Waals surface area contributed by atoms with Gasteiger partial charge < -0.3 is 25.0 Å². The predicted molar refractivity (Wildman–Crippen MR) is 132 cm³/mol. The molecule has 1 aliphatic carbocycles. The van der Waals surface area contributed by atoms with E-state index in [9.17, 15) is 4.79 Å². The van der Waals surface area contributed by atoms with E-state index in [1.54, 1.807) is 7.11 Å².